The molecule has 0 N–H and O–H groups in total. The van der Waals surface area contributed by atoms with Crippen molar-refractivity contribution in [2.45, 2.75) is 19.6 Å². The maximum Gasteiger partial charge on any atom is 0.387 e. The van der Waals surface area contributed by atoms with Crippen LogP contribution in [0.5, 0.6) is 11.5 Å². The first kappa shape index (κ1) is 23.4. The summed E-state index contributed by atoms with van der Waals surface area (Å²) in [6, 6.07) is 12.8. The number of rotatable bonds is 6. The summed E-state index contributed by atoms with van der Waals surface area (Å²) in [5, 5.41) is 0. The first-order valence-electron chi connectivity index (χ1n) is 10.1. The molecule has 1 atom stereocenters. The molecule has 2 aromatic carbocycles. The molecule has 4 rings (SSSR count). The van der Waals surface area contributed by atoms with E-state index >= 15 is 0 Å². The summed E-state index contributed by atoms with van der Waals surface area (Å²) in [6.45, 7) is -1.29. The first-order valence-corrected chi connectivity index (χ1v) is 10.9. The number of aromatic nitrogens is 1. The van der Waals surface area contributed by atoms with E-state index in [2.05, 4.69) is 9.73 Å². The van der Waals surface area contributed by atoms with E-state index in [-0.39, 0.29) is 22.6 Å². The Bertz CT molecular complexity index is 1440. The first-order chi connectivity index (χ1) is 16.3. The van der Waals surface area contributed by atoms with Crippen molar-refractivity contribution in [3.63, 3.8) is 0 Å². The van der Waals surface area contributed by atoms with Crippen LogP contribution in [0.3, 0.4) is 0 Å². The smallest absolute Gasteiger partial charge is 0.387 e. The standard InChI is InChI=1S/C24H20F2N2O5S/c1-13-19(22(30)32-3)20(15-7-5-4-6-8-15)28-21(29)18(34-24(28)27-13)12-14-9-10-16(33-23(25)26)17(11-14)31-2/h4-12,20,23H,1-3H3/b18-12-. The van der Waals surface area contributed by atoms with Crippen LogP contribution in [0.2, 0.25) is 0 Å². The summed E-state index contributed by atoms with van der Waals surface area (Å²) in [7, 11) is 2.62. The summed E-state index contributed by atoms with van der Waals surface area (Å²) in [5.74, 6) is -0.574. The molecule has 1 aromatic heterocycles. The van der Waals surface area contributed by atoms with Crippen LogP contribution in [-0.4, -0.2) is 31.4 Å². The molecule has 176 valence electrons. The number of alkyl halides is 2. The fourth-order valence-corrected chi connectivity index (χ4v) is 4.81. The third-order valence-corrected chi connectivity index (χ3v) is 6.23. The zero-order chi connectivity index (χ0) is 24.4. The monoisotopic (exact) mass is 486 g/mol. The van der Waals surface area contributed by atoms with Gasteiger partial charge in [-0.3, -0.25) is 9.36 Å². The van der Waals surface area contributed by atoms with Crippen molar-refractivity contribution in [2.75, 3.05) is 14.2 Å². The third kappa shape index (κ3) is 4.36. The number of esters is 1. The lowest BCUT2D eigenvalue weighted by molar-refractivity contribution is -0.136. The minimum atomic E-state index is -2.99. The Hall–Kier alpha value is -3.79. The summed E-state index contributed by atoms with van der Waals surface area (Å²) in [5.41, 5.74) is 1.67. The fraction of sp³-hybridized carbons (Fsp3) is 0.208. The maximum atomic E-state index is 13.5. The number of nitrogens with zero attached hydrogens (tertiary/aromatic N) is 2. The highest BCUT2D eigenvalue weighted by Crippen LogP contribution is 2.31. The van der Waals surface area contributed by atoms with Gasteiger partial charge in [-0.1, -0.05) is 47.7 Å². The van der Waals surface area contributed by atoms with E-state index in [9.17, 15) is 18.4 Å². The zero-order valence-electron chi connectivity index (χ0n) is 18.5. The van der Waals surface area contributed by atoms with E-state index in [0.717, 1.165) is 16.9 Å². The van der Waals surface area contributed by atoms with E-state index in [4.69, 9.17) is 9.47 Å². The van der Waals surface area contributed by atoms with Gasteiger partial charge in [-0.15, -0.1) is 0 Å². The summed E-state index contributed by atoms with van der Waals surface area (Å²) in [6.07, 6.45) is 1.61. The predicted octanol–water partition coefficient (Wildman–Crippen LogP) is 3.02. The van der Waals surface area contributed by atoms with E-state index in [0.29, 0.717) is 20.6 Å². The molecule has 0 radical (unpaired) electrons. The van der Waals surface area contributed by atoms with Crippen molar-refractivity contribution in [1.82, 2.24) is 4.57 Å². The molecule has 1 aliphatic heterocycles. The molecule has 0 amide bonds. The quantitative estimate of drug-likeness (QED) is 0.501. The molecule has 0 spiro atoms. The van der Waals surface area contributed by atoms with Crippen LogP contribution in [0.4, 0.5) is 8.78 Å². The highest BCUT2D eigenvalue weighted by atomic mass is 32.1. The number of hydrogen-bond acceptors (Lipinski definition) is 7. The Morgan fingerprint density at radius 2 is 1.88 bits per heavy atom. The van der Waals surface area contributed by atoms with Gasteiger partial charge in [-0.25, -0.2) is 9.79 Å². The zero-order valence-corrected chi connectivity index (χ0v) is 19.3. The third-order valence-electron chi connectivity index (χ3n) is 5.24. The van der Waals surface area contributed by atoms with Crippen molar-refractivity contribution in [3.8, 4) is 11.5 Å². The Labute approximate surface area is 196 Å². The number of carbonyl (C=O) groups excluding carboxylic acids is 1. The van der Waals surface area contributed by atoms with E-state index in [1.165, 1.54) is 37.0 Å². The molecule has 0 aliphatic carbocycles. The topological polar surface area (TPSA) is 79.1 Å². The number of fused-ring (bicyclic) bond motifs is 1. The molecular weight excluding hydrogens is 466 g/mol. The number of ether oxygens (including phenoxy) is 3. The molecule has 0 bridgehead atoms. The van der Waals surface area contributed by atoms with Crippen molar-refractivity contribution >= 4 is 23.4 Å². The maximum absolute atomic E-state index is 13.5. The van der Waals surface area contributed by atoms with E-state index in [1.807, 2.05) is 30.3 Å². The summed E-state index contributed by atoms with van der Waals surface area (Å²) in [4.78, 5) is 31.0. The Kier molecular flexibility index (Phi) is 6.60. The lowest BCUT2D eigenvalue weighted by atomic mass is 9.96. The molecule has 1 aliphatic rings. The van der Waals surface area contributed by atoms with Gasteiger partial charge in [-0.2, -0.15) is 8.78 Å². The fourth-order valence-electron chi connectivity index (χ4n) is 3.76. The second-order valence-corrected chi connectivity index (χ2v) is 8.28. The average molecular weight is 486 g/mol. The van der Waals surface area contributed by atoms with Crippen molar-refractivity contribution < 1.29 is 27.8 Å². The van der Waals surface area contributed by atoms with Crippen LogP contribution in [0, 0.1) is 0 Å². The molecular formula is C24H20F2N2O5S. The number of halogens is 2. The average Bonchev–Trinajstić information content (AvgIpc) is 3.13. The molecule has 3 aromatic rings. The highest BCUT2D eigenvalue weighted by Gasteiger charge is 2.32. The van der Waals surface area contributed by atoms with Gasteiger partial charge < -0.3 is 14.2 Å². The van der Waals surface area contributed by atoms with Gasteiger partial charge in [0.05, 0.1) is 36.1 Å². The number of benzene rings is 2. The van der Waals surface area contributed by atoms with Crippen LogP contribution in [0.25, 0.3) is 6.08 Å². The number of allylic oxidation sites excluding steroid dienone is 1. The molecule has 7 nitrogen and oxygen atoms in total. The summed E-state index contributed by atoms with van der Waals surface area (Å²) < 4.78 is 41.6. The number of thiazole rings is 1. The lowest BCUT2D eigenvalue weighted by Gasteiger charge is -2.24. The second-order valence-electron chi connectivity index (χ2n) is 7.27. The molecule has 0 saturated carbocycles. The van der Waals surface area contributed by atoms with Crippen molar-refractivity contribution in [3.05, 3.63) is 90.6 Å². The van der Waals surface area contributed by atoms with Crippen LogP contribution >= 0.6 is 11.3 Å². The molecule has 10 heteroatoms. The number of carbonyl (C=O) groups is 1. The van der Waals surface area contributed by atoms with E-state index in [1.54, 1.807) is 13.0 Å². The lowest BCUT2D eigenvalue weighted by Crippen LogP contribution is -2.39. The van der Waals surface area contributed by atoms with Gasteiger partial charge in [0.15, 0.2) is 16.3 Å². The Morgan fingerprint density at radius 1 is 1.15 bits per heavy atom. The van der Waals surface area contributed by atoms with Gasteiger partial charge in [0, 0.05) is 0 Å². The van der Waals surface area contributed by atoms with Crippen LogP contribution in [0.15, 0.2) is 69.6 Å². The number of methoxy groups -OCH3 is 2. The Balaban J connectivity index is 1.88. The largest absolute Gasteiger partial charge is 0.493 e. The molecule has 34 heavy (non-hydrogen) atoms. The second kappa shape index (κ2) is 9.60. The molecule has 1 unspecified atom stereocenters. The predicted molar refractivity (Wildman–Crippen MR) is 122 cm³/mol. The van der Waals surface area contributed by atoms with Crippen molar-refractivity contribution in [2.24, 2.45) is 4.99 Å². The van der Waals surface area contributed by atoms with E-state index < -0.39 is 18.6 Å². The minimum Gasteiger partial charge on any atom is -0.493 e. The minimum absolute atomic E-state index is 0.104. The van der Waals surface area contributed by atoms with Gasteiger partial charge in [0.1, 0.15) is 0 Å². The van der Waals surface area contributed by atoms with Crippen molar-refractivity contribution in [1.29, 1.82) is 0 Å². The molecule has 0 fully saturated rings. The van der Waals surface area contributed by atoms with Gasteiger partial charge >= 0.3 is 12.6 Å². The SMILES string of the molecule is COC(=O)C1=C(C)N=c2s/c(=C\c3ccc(OC(F)F)c(OC)c3)c(=O)n2C1c1ccccc1. The Morgan fingerprint density at radius 3 is 2.53 bits per heavy atom. The van der Waals surface area contributed by atoms with Crippen LogP contribution in [-0.2, 0) is 9.53 Å². The van der Waals surface area contributed by atoms with Crippen LogP contribution < -0.4 is 24.4 Å². The van der Waals surface area contributed by atoms with Crippen LogP contribution in [0.1, 0.15) is 24.1 Å². The normalized spacial score (nSPS) is 15.7. The highest BCUT2D eigenvalue weighted by molar-refractivity contribution is 7.07. The van der Waals surface area contributed by atoms with Gasteiger partial charge in [-0.05, 0) is 36.3 Å². The van der Waals surface area contributed by atoms with Gasteiger partial charge in [0.25, 0.3) is 5.56 Å². The summed E-state index contributed by atoms with van der Waals surface area (Å²) >= 11 is 1.16. The molecule has 0 saturated heterocycles. The number of hydrogen-bond donors (Lipinski definition) is 0. The molecule has 2 heterocycles. The van der Waals surface area contributed by atoms with Gasteiger partial charge in [0.2, 0.25) is 0 Å².